The lowest BCUT2D eigenvalue weighted by atomic mass is 10.1. The van der Waals surface area contributed by atoms with Crippen molar-refractivity contribution in [1.82, 2.24) is 4.90 Å². The van der Waals surface area contributed by atoms with Crippen LogP contribution in [0.15, 0.2) is 40.8 Å². The topological polar surface area (TPSA) is 87.8 Å². The molecular formula is C18H19NO5. The van der Waals surface area contributed by atoms with Gasteiger partial charge in [0, 0.05) is 24.2 Å². The zero-order valence-electron chi connectivity index (χ0n) is 13.6. The van der Waals surface area contributed by atoms with Crippen LogP contribution in [0.4, 0.5) is 0 Å². The maximum Gasteiger partial charge on any atom is 0.305 e. The summed E-state index contributed by atoms with van der Waals surface area (Å²) in [7, 11) is 0. The fourth-order valence-electron chi connectivity index (χ4n) is 2.27. The van der Waals surface area contributed by atoms with E-state index in [1.54, 1.807) is 43.3 Å². The Kier molecular flexibility index (Phi) is 5.52. The zero-order valence-corrected chi connectivity index (χ0v) is 13.6. The predicted molar refractivity (Wildman–Crippen MR) is 88.0 cm³/mol. The zero-order chi connectivity index (χ0) is 17.7. The first-order valence-corrected chi connectivity index (χ1v) is 7.64. The summed E-state index contributed by atoms with van der Waals surface area (Å²) < 4.78 is 5.60. The van der Waals surface area contributed by atoms with Crippen molar-refractivity contribution in [2.24, 2.45) is 0 Å². The van der Waals surface area contributed by atoms with Crippen LogP contribution in [-0.4, -0.2) is 40.8 Å². The number of nitrogens with zero attached hydrogens (tertiary/aromatic N) is 1. The van der Waals surface area contributed by atoms with Gasteiger partial charge in [-0.05, 0) is 26.0 Å². The molecule has 2 aromatic rings. The van der Waals surface area contributed by atoms with E-state index >= 15 is 0 Å². The van der Waals surface area contributed by atoms with Gasteiger partial charge in [-0.3, -0.25) is 14.4 Å². The smallest absolute Gasteiger partial charge is 0.305 e. The SMILES string of the molecule is CCN(CCC(=O)O)C(=O)c1ccc(-c2ccc(C(C)=O)cc2)o1. The van der Waals surface area contributed by atoms with Crippen molar-refractivity contribution in [3.8, 4) is 11.3 Å². The van der Waals surface area contributed by atoms with Crippen molar-refractivity contribution >= 4 is 17.7 Å². The number of carbonyl (C=O) groups excluding carboxylic acids is 2. The van der Waals surface area contributed by atoms with E-state index in [-0.39, 0.29) is 30.4 Å². The summed E-state index contributed by atoms with van der Waals surface area (Å²) in [6.07, 6.45) is -0.111. The van der Waals surface area contributed by atoms with Crippen molar-refractivity contribution in [2.75, 3.05) is 13.1 Å². The average molecular weight is 329 g/mol. The number of Topliss-reactive ketones (excluding diaryl/α,β-unsaturated/α-hetero) is 1. The van der Waals surface area contributed by atoms with E-state index in [2.05, 4.69) is 0 Å². The third kappa shape index (κ3) is 4.10. The van der Waals surface area contributed by atoms with Crippen molar-refractivity contribution in [2.45, 2.75) is 20.3 Å². The number of benzene rings is 1. The third-order valence-electron chi connectivity index (χ3n) is 3.66. The van der Waals surface area contributed by atoms with Crippen molar-refractivity contribution in [3.05, 3.63) is 47.7 Å². The molecule has 24 heavy (non-hydrogen) atoms. The van der Waals surface area contributed by atoms with Crippen LogP contribution < -0.4 is 0 Å². The van der Waals surface area contributed by atoms with Crippen molar-refractivity contribution in [1.29, 1.82) is 0 Å². The van der Waals surface area contributed by atoms with E-state index in [0.29, 0.717) is 17.9 Å². The van der Waals surface area contributed by atoms with Crippen molar-refractivity contribution < 1.29 is 23.9 Å². The average Bonchev–Trinajstić information content (AvgIpc) is 3.05. The lowest BCUT2D eigenvalue weighted by Crippen LogP contribution is -2.32. The molecule has 0 aliphatic carbocycles. The standard InChI is InChI=1S/C18H19NO5/c1-3-19(11-10-17(21)22)18(23)16-9-8-15(24-16)14-6-4-13(5-7-14)12(2)20/h4-9H,3,10-11H2,1-2H3,(H,21,22). The normalized spacial score (nSPS) is 10.4. The molecule has 1 aromatic carbocycles. The summed E-state index contributed by atoms with van der Waals surface area (Å²) in [6, 6.07) is 10.2. The molecule has 0 aliphatic rings. The van der Waals surface area contributed by atoms with E-state index < -0.39 is 5.97 Å². The van der Waals surface area contributed by atoms with Gasteiger partial charge in [0.15, 0.2) is 11.5 Å². The van der Waals surface area contributed by atoms with Crippen LogP contribution in [0.5, 0.6) is 0 Å². The molecule has 0 radical (unpaired) electrons. The highest BCUT2D eigenvalue weighted by molar-refractivity contribution is 5.94. The molecule has 0 atom stereocenters. The predicted octanol–water partition coefficient (Wildman–Crippen LogP) is 3.09. The summed E-state index contributed by atoms with van der Waals surface area (Å²) in [5, 5.41) is 8.74. The summed E-state index contributed by atoms with van der Waals surface area (Å²) in [6.45, 7) is 3.81. The second-order valence-corrected chi connectivity index (χ2v) is 5.33. The number of hydrogen-bond donors (Lipinski definition) is 1. The fraction of sp³-hybridized carbons (Fsp3) is 0.278. The minimum Gasteiger partial charge on any atom is -0.481 e. The first kappa shape index (κ1) is 17.5. The maximum absolute atomic E-state index is 12.4. The molecule has 126 valence electrons. The summed E-state index contributed by atoms with van der Waals surface area (Å²) in [5.41, 5.74) is 1.36. The minimum absolute atomic E-state index is 0.0196. The monoisotopic (exact) mass is 329 g/mol. The number of ketones is 1. The molecule has 0 bridgehead atoms. The second-order valence-electron chi connectivity index (χ2n) is 5.33. The van der Waals surface area contributed by atoms with Crippen LogP contribution in [0.1, 0.15) is 41.2 Å². The lowest BCUT2D eigenvalue weighted by Gasteiger charge is -2.18. The van der Waals surface area contributed by atoms with E-state index in [0.717, 1.165) is 5.56 Å². The molecule has 6 nitrogen and oxygen atoms in total. The van der Waals surface area contributed by atoms with Gasteiger partial charge < -0.3 is 14.4 Å². The van der Waals surface area contributed by atoms with E-state index in [1.165, 1.54) is 11.8 Å². The Bertz CT molecular complexity index is 745. The van der Waals surface area contributed by atoms with E-state index in [1.807, 2.05) is 0 Å². The van der Waals surface area contributed by atoms with E-state index in [4.69, 9.17) is 9.52 Å². The number of aliphatic carboxylic acids is 1. The number of carbonyl (C=O) groups is 3. The van der Waals surface area contributed by atoms with Gasteiger partial charge >= 0.3 is 5.97 Å². The number of carboxylic acid groups (broad SMARTS) is 1. The fourth-order valence-corrected chi connectivity index (χ4v) is 2.27. The van der Waals surface area contributed by atoms with Gasteiger partial charge in [0.2, 0.25) is 0 Å². The minimum atomic E-state index is -0.952. The second kappa shape index (κ2) is 7.59. The Morgan fingerprint density at radius 3 is 2.29 bits per heavy atom. The molecule has 0 saturated heterocycles. The molecule has 1 N–H and O–H groups in total. The highest BCUT2D eigenvalue weighted by Gasteiger charge is 2.19. The molecule has 0 aliphatic heterocycles. The molecule has 2 rings (SSSR count). The molecule has 1 amide bonds. The highest BCUT2D eigenvalue weighted by atomic mass is 16.4. The van der Waals surface area contributed by atoms with Gasteiger partial charge in [0.05, 0.1) is 6.42 Å². The Morgan fingerprint density at radius 1 is 1.08 bits per heavy atom. The lowest BCUT2D eigenvalue weighted by molar-refractivity contribution is -0.137. The van der Waals surface area contributed by atoms with Crippen molar-refractivity contribution in [3.63, 3.8) is 0 Å². The van der Waals surface area contributed by atoms with Gasteiger partial charge in [-0.1, -0.05) is 24.3 Å². The Balaban J connectivity index is 2.15. The highest BCUT2D eigenvalue weighted by Crippen LogP contribution is 2.23. The largest absolute Gasteiger partial charge is 0.481 e. The summed E-state index contributed by atoms with van der Waals surface area (Å²) >= 11 is 0. The van der Waals surface area contributed by atoms with Crippen LogP contribution in [0.3, 0.4) is 0 Å². The van der Waals surface area contributed by atoms with E-state index in [9.17, 15) is 14.4 Å². The number of hydrogen-bond acceptors (Lipinski definition) is 4. The molecule has 1 heterocycles. The first-order chi connectivity index (χ1) is 11.4. The quantitative estimate of drug-likeness (QED) is 0.789. The Labute approximate surface area is 139 Å². The molecule has 0 unspecified atom stereocenters. The summed E-state index contributed by atoms with van der Waals surface area (Å²) in [5.74, 6) is -0.637. The first-order valence-electron chi connectivity index (χ1n) is 7.64. The molecular weight excluding hydrogens is 310 g/mol. The van der Waals surface area contributed by atoms with Gasteiger partial charge in [-0.25, -0.2) is 0 Å². The van der Waals surface area contributed by atoms with Gasteiger partial charge in [-0.2, -0.15) is 0 Å². The number of amides is 1. The van der Waals surface area contributed by atoms with Crippen LogP contribution in [0.25, 0.3) is 11.3 Å². The Morgan fingerprint density at radius 2 is 1.75 bits per heavy atom. The molecule has 6 heteroatoms. The Hall–Kier alpha value is -2.89. The molecule has 0 fully saturated rings. The third-order valence-corrected chi connectivity index (χ3v) is 3.66. The number of furan rings is 1. The molecule has 0 spiro atoms. The maximum atomic E-state index is 12.4. The van der Waals surface area contributed by atoms with Crippen LogP contribution in [-0.2, 0) is 4.79 Å². The van der Waals surface area contributed by atoms with Gasteiger partial charge in [0.25, 0.3) is 5.91 Å². The van der Waals surface area contributed by atoms with Crippen LogP contribution >= 0.6 is 0 Å². The number of rotatable bonds is 7. The van der Waals surface area contributed by atoms with Gasteiger partial charge in [0.1, 0.15) is 5.76 Å². The molecule has 1 aromatic heterocycles. The van der Waals surface area contributed by atoms with Gasteiger partial charge in [-0.15, -0.1) is 0 Å². The molecule has 0 saturated carbocycles. The van der Waals surface area contributed by atoms with Crippen LogP contribution in [0.2, 0.25) is 0 Å². The summed E-state index contributed by atoms with van der Waals surface area (Å²) in [4.78, 5) is 35.7. The number of carboxylic acids is 1. The van der Waals surface area contributed by atoms with Crippen LogP contribution in [0, 0.1) is 0 Å².